The summed E-state index contributed by atoms with van der Waals surface area (Å²) in [5.41, 5.74) is 10.2. The van der Waals surface area contributed by atoms with Crippen LogP contribution in [0.4, 0.5) is 0 Å². The molecule has 1 saturated carbocycles. The molecular formula is C23H23N5O. The van der Waals surface area contributed by atoms with Gasteiger partial charge in [-0.15, -0.1) is 0 Å². The van der Waals surface area contributed by atoms with E-state index in [1.165, 1.54) is 38.2 Å². The third kappa shape index (κ3) is 3.20. The smallest absolute Gasteiger partial charge is 0.241 e. The van der Waals surface area contributed by atoms with Gasteiger partial charge in [0.05, 0.1) is 11.7 Å². The zero-order valence-corrected chi connectivity index (χ0v) is 16.1. The zero-order chi connectivity index (χ0) is 19.8. The topological polar surface area (TPSA) is 89.6 Å². The Bertz CT molecular complexity index is 1210. The first kappa shape index (κ1) is 17.7. The molecule has 0 bridgehead atoms. The molecule has 146 valence electrons. The van der Waals surface area contributed by atoms with Gasteiger partial charge < -0.3 is 15.3 Å². The summed E-state index contributed by atoms with van der Waals surface area (Å²) in [6, 6.07) is 10.6. The number of primary amides is 1. The number of imidazole rings is 1. The average molecular weight is 385 g/mol. The van der Waals surface area contributed by atoms with E-state index in [1.54, 1.807) is 6.08 Å². The van der Waals surface area contributed by atoms with Crippen LogP contribution < -0.4 is 5.73 Å². The molecule has 0 aliphatic heterocycles. The molecule has 6 nitrogen and oxygen atoms in total. The SMILES string of the molecule is NC(=O)/C=C/c1ccc(-c2nc3cnc4[nH]ccc4c3n2C2CCCCC2)cc1. The fourth-order valence-electron chi connectivity index (χ4n) is 4.41. The predicted octanol–water partition coefficient (Wildman–Crippen LogP) is 4.58. The summed E-state index contributed by atoms with van der Waals surface area (Å²) >= 11 is 0. The van der Waals surface area contributed by atoms with Crippen LogP contribution in [0.1, 0.15) is 43.7 Å². The van der Waals surface area contributed by atoms with Crippen molar-refractivity contribution in [3.05, 3.63) is 54.4 Å². The van der Waals surface area contributed by atoms with Crippen LogP contribution in [0.5, 0.6) is 0 Å². The average Bonchev–Trinajstić information content (AvgIpc) is 3.37. The van der Waals surface area contributed by atoms with E-state index in [4.69, 9.17) is 10.7 Å². The lowest BCUT2D eigenvalue weighted by molar-refractivity contribution is -0.113. The van der Waals surface area contributed by atoms with E-state index in [0.29, 0.717) is 6.04 Å². The van der Waals surface area contributed by atoms with Crippen molar-refractivity contribution in [3.8, 4) is 11.4 Å². The number of hydrogen-bond acceptors (Lipinski definition) is 3. The van der Waals surface area contributed by atoms with Crippen molar-refractivity contribution < 1.29 is 4.79 Å². The molecule has 0 unspecified atom stereocenters. The monoisotopic (exact) mass is 385 g/mol. The number of pyridine rings is 1. The van der Waals surface area contributed by atoms with Crippen LogP contribution in [0.15, 0.2) is 48.8 Å². The van der Waals surface area contributed by atoms with Gasteiger partial charge in [-0.25, -0.2) is 9.97 Å². The first-order chi connectivity index (χ1) is 14.2. The summed E-state index contributed by atoms with van der Waals surface area (Å²) in [5, 5.41) is 1.12. The van der Waals surface area contributed by atoms with Crippen molar-refractivity contribution in [2.45, 2.75) is 38.1 Å². The molecule has 6 heteroatoms. The second-order valence-electron chi connectivity index (χ2n) is 7.69. The molecule has 0 radical (unpaired) electrons. The highest BCUT2D eigenvalue weighted by Gasteiger charge is 2.24. The van der Waals surface area contributed by atoms with Crippen LogP contribution in [0.3, 0.4) is 0 Å². The fraction of sp³-hybridized carbons (Fsp3) is 0.261. The van der Waals surface area contributed by atoms with Gasteiger partial charge in [-0.2, -0.15) is 0 Å². The highest BCUT2D eigenvalue weighted by molar-refractivity contribution is 6.02. The lowest BCUT2D eigenvalue weighted by Crippen LogP contribution is -2.14. The zero-order valence-electron chi connectivity index (χ0n) is 16.1. The maximum Gasteiger partial charge on any atom is 0.241 e. The number of fused-ring (bicyclic) bond motifs is 3. The number of nitrogens with one attached hydrogen (secondary N) is 1. The molecule has 3 N–H and O–H groups in total. The number of aromatic nitrogens is 4. The number of nitrogens with two attached hydrogens (primary N) is 1. The van der Waals surface area contributed by atoms with Crippen molar-refractivity contribution in [2.24, 2.45) is 5.73 Å². The molecule has 3 heterocycles. The summed E-state index contributed by atoms with van der Waals surface area (Å²) in [6.45, 7) is 0. The largest absolute Gasteiger partial charge is 0.366 e. The van der Waals surface area contributed by atoms with E-state index in [2.05, 4.69) is 32.7 Å². The Kier molecular flexibility index (Phi) is 4.39. The van der Waals surface area contributed by atoms with Gasteiger partial charge in [0.1, 0.15) is 17.0 Å². The van der Waals surface area contributed by atoms with E-state index in [-0.39, 0.29) is 0 Å². The summed E-state index contributed by atoms with van der Waals surface area (Å²) in [4.78, 5) is 23.7. The van der Waals surface area contributed by atoms with E-state index in [9.17, 15) is 4.79 Å². The van der Waals surface area contributed by atoms with Crippen molar-refractivity contribution in [2.75, 3.05) is 0 Å². The molecule has 1 aliphatic rings. The number of carbonyl (C=O) groups excluding carboxylic acids is 1. The molecular weight excluding hydrogens is 362 g/mol. The van der Waals surface area contributed by atoms with Gasteiger partial charge in [-0.05, 0) is 30.5 Å². The van der Waals surface area contributed by atoms with Crippen molar-refractivity contribution >= 4 is 34.1 Å². The summed E-state index contributed by atoms with van der Waals surface area (Å²) in [5.74, 6) is 0.531. The number of rotatable bonds is 4. The van der Waals surface area contributed by atoms with Crippen LogP contribution in [-0.4, -0.2) is 25.4 Å². The minimum absolute atomic E-state index is 0.443. The van der Waals surface area contributed by atoms with Gasteiger partial charge in [-0.3, -0.25) is 4.79 Å². The molecule has 3 aromatic heterocycles. The van der Waals surface area contributed by atoms with Crippen LogP contribution in [-0.2, 0) is 4.79 Å². The Labute approximate surface area is 168 Å². The van der Waals surface area contributed by atoms with Gasteiger partial charge in [0.25, 0.3) is 0 Å². The minimum atomic E-state index is -0.448. The van der Waals surface area contributed by atoms with Gasteiger partial charge in [0.15, 0.2) is 0 Å². The Morgan fingerprint density at radius 1 is 1.14 bits per heavy atom. The molecule has 1 aromatic carbocycles. The van der Waals surface area contributed by atoms with Gasteiger partial charge >= 0.3 is 0 Å². The van der Waals surface area contributed by atoms with Gasteiger partial charge in [0.2, 0.25) is 5.91 Å². The molecule has 0 saturated heterocycles. The molecule has 4 aromatic rings. The second kappa shape index (κ2) is 7.20. The Balaban J connectivity index is 1.67. The summed E-state index contributed by atoms with van der Waals surface area (Å²) in [6.07, 6.45) is 13.1. The molecule has 0 atom stereocenters. The quantitative estimate of drug-likeness (QED) is 0.504. The molecule has 1 amide bonds. The normalized spacial score (nSPS) is 15.6. The van der Waals surface area contributed by atoms with Gasteiger partial charge in [0, 0.05) is 29.3 Å². The van der Waals surface area contributed by atoms with Crippen LogP contribution >= 0.6 is 0 Å². The number of H-pyrrole nitrogens is 1. The van der Waals surface area contributed by atoms with E-state index < -0.39 is 5.91 Å². The predicted molar refractivity (Wildman–Crippen MR) is 115 cm³/mol. The Hall–Kier alpha value is -3.41. The number of hydrogen-bond donors (Lipinski definition) is 2. The number of nitrogens with zero attached hydrogens (tertiary/aromatic N) is 3. The molecule has 5 rings (SSSR count). The van der Waals surface area contributed by atoms with E-state index in [1.807, 2.05) is 24.5 Å². The van der Waals surface area contributed by atoms with E-state index >= 15 is 0 Å². The van der Waals surface area contributed by atoms with Crippen LogP contribution in [0.25, 0.3) is 39.5 Å². The fourth-order valence-corrected chi connectivity index (χ4v) is 4.41. The van der Waals surface area contributed by atoms with Crippen LogP contribution in [0, 0.1) is 0 Å². The van der Waals surface area contributed by atoms with E-state index in [0.717, 1.165) is 39.0 Å². The maximum absolute atomic E-state index is 11.0. The maximum atomic E-state index is 11.0. The highest BCUT2D eigenvalue weighted by Crippen LogP contribution is 2.37. The minimum Gasteiger partial charge on any atom is -0.366 e. The number of amides is 1. The molecule has 1 aliphatic carbocycles. The van der Waals surface area contributed by atoms with Crippen molar-refractivity contribution in [1.29, 1.82) is 0 Å². The highest BCUT2D eigenvalue weighted by atomic mass is 16.1. The molecule has 0 spiro atoms. The summed E-state index contributed by atoms with van der Waals surface area (Å²) in [7, 11) is 0. The first-order valence-electron chi connectivity index (χ1n) is 10.1. The van der Waals surface area contributed by atoms with Gasteiger partial charge in [-0.1, -0.05) is 43.5 Å². The molecule has 1 fully saturated rings. The Morgan fingerprint density at radius 2 is 1.93 bits per heavy atom. The Morgan fingerprint density at radius 3 is 2.69 bits per heavy atom. The first-order valence-corrected chi connectivity index (χ1v) is 10.1. The second-order valence-corrected chi connectivity index (χ2v) is 7.69. The number of aromatic amines is 1. The van der Waals surface area contributed by atoms with Crippen LogP contribution in [0.2, 0.25) is 0 Å². The third-order valence-corrected chi connectivity index (χ3v) is 5.78. The van der Waals surface area contributed by atoms with Crippen molar-refractivity contribution in [3.63, 3.8) is 0 Å². The lowest BCUT2D eigenvalue weighted by atomic mass is 9.94. The standard InChI is InChI=1S/C23H23N5O/c24-20(29)11-8-15-6-9-16(10-7-15)23-27-19-14-26-22-18(12-13-25-22)21(19)28(23)17-4-2-1-3-5-17/h6-14,17H,1-5H2,(H2,24,29)(H,25,26)/b11-8+. The lowest BCUT2D eigenvalue weighted by Gasteiger charge is -2.26. The van der Waals surface area contributed by atoms with Crippen molar-refractivity contribution in [1.82, 2.24) is 19.5 Å². The summed E-state index contributed by atoms with van der Waals surface area (Å²) < 4.78 is 2.43. The number of carbonyl (C=O) groups is 1. The molecule has 29 heavy (non-hydrogen) atoms. The number of benzene rings is 1. The third-order valence-electron chi connectivity index (χ3n) is 5.78.